The van der Waals surface area contributed by atoms with Crippen LogP contribution in [0.15, 0.2) is 23.4 Å². The molecule has 0 aliphatic carbocycles. The summed E-state index contributed by atoms with van der Waals surface area (Å²) in [5.41, 5.74) is 2.77. The monoisotopic (exact) mass is 560 g/mol. The lowest BCUT2D eigenvalue weighted by atomic mass is 10.1. The van der Waals surface area contributed by atoms with Crippen LogP contribution in [0.25, 0.3) is 0 Å². The predicted molar refractivity (Wildman–Crippen MR) is 146 cm³/mol. The number of nitrogens with zero attached hydrogens (tertiary/aromatic N) is 3. The Kier molecular flexibility index (Phi) is 10.3. The van der Waals surface area contributed by atoms with Gasteiger partial charge in [-0.15, -0.1) is 21.5 Å². The highest BCUT2D eigenvalue weighted by molar-refractivity contribution is 7.99. The smallest absolute Gasteiger partial charge is 0.348 e. The van der Waals surface area contributed by atoms with Crippen molar-refractivity contribution in [3.05, 3.63) is 51.2 Å². The first-order valence-corrected chi connectivity index (χ1v) is 14.0. The van der Waals surface area contributed by atoms with Crippen molar-refractivity contribution in [3.8, 4) is 5.75 Å². The number of ether oxygens (including phenoxy) is 3. The molecule has 0 atom stereocenters. The van der Waals surface area contributed by atoms with Crippen molar-refractivity contribution < 1.29 is 28.6 Å². The van der Waals surface area contributed by atoms with Crippen LogP contribution < -0.4 is 10.1 Å². The van der Waals surface area contributed by atoms with Crippen molar-refractivity contribution in [2.45, 2.75) is 59.9 Å². The largest absolute Gasteiger partial charge is 0.485 e. The topological polar surface area (TPSA) is 122 Å². The average Bonchev–Trinajstić information content (AvgIpc) is 3.43. The van der Waals surface area contributed by atoms with Gasteiger partial charge in [-0.25, -0.2) is 9.59 Å². The van der Waals surface area contributed by atoms with E-state index in [0.717, 1.165) is 28.2 Å². The molecule has 2 heterocycles. The summed E-state index contributed by atoms with van der Waals surface area (Å²) < 4.78 is 18.1. The van der Waals surface area contributed by atoms with Crippen LogP contribution in [0.2, 0.25) is 0 Å². The van der Waals surface area contributed by atoms with Crippen molar-refractivity contribution in [2.75, 3.05) is 24.3 Å². The molecule has 0 bridgehead atoms. The quantitative estimate of drug-likeness (QED) is 0.242. The fourth-order valence-electron chi connectivity index (χ4n) is 3.61. The number of anilines is 1. The highest BCUT2D eigenvalue weighted by Crippen LogP contribution is 2.34. The van der Waals surface area contributed by atoms with E-state index in [1.807, 2.05) is 43.5 Å². The molecule has 3 aromatic rings. The molecule has 0 radical (unpaired) electrons. The van der Waals surface area contributed by atoms with Gasteiger partial charge in [-0.2, -0.15) is 0 Å². The molecule has 10 nitrogen and oxygen atoms in total. The van der Waals surface area contributed by atoms with E-state index in [-0.39, 0.29) is 46.9 Å². The number of thiophene rings is 1. The Morgan fingerprint density at radius 2 is 1.71 bits per heavy atom. The molecule has 0 spiro atoms. The lowest BCUT2D eigenvalue weighted by molar-refractivity contribution is -0.113. The lowest BCUT2D eigenvalue weighted by Gasteiger charge is -2.11. The Morgan fingerprint density at radius 3 is 2.39 bits per heavy atom. The van der Waals surface area contributed by atoms with E-state index >= 15 is 0 Å². The minimum Gasteiger partial charge on any atom is -0.485 e. The summed E-state index contributed by atoms with van der Waals surface area (Å²) in [4.78, 5) is 38.0. The number of hydrogen-bond acceptors (Lipinski definition) is 10. The SMILES string of the molecule is CCOC(=O)c1sc(NC(=O)CSc2nnc(COc3cccc(C)c3C)n2CC)c(C(=O)OCC)c1C. The molecule has 0 fully saturated rings. The second kappa shape index (κ2) is 13.4. The number of carbonyl (C=O) groups is 3. The number of amides is 1. The number of esters is 2. The van der Waals surface area contributed by atoms with E-state index in [4.69, 9.17) is 14.2 Å². The third-order valence-electron chi connectivity index (χ3n) is 5.69. The van der Waals surface area contributed by atoms with Crippen molar-refractivity contribution in [1.82, 2.24) is 14.8 Å². The molecule has 0 aliphatic rings. The molecule has 0 unspecified atom stereocenters. The minimum atomic E-state index is -0.612. The van der Waals surface area contributed by atoms with Crippen LogP contribution >= 0.6 is 23.1 Å². The van der Waals surface area contributed by atoms with Gasteiger partial charge in [-0.05, 0) is 64.3 Å². The van der Waals surface area contributed by atoms with Crippen LogP contribution in [0.4, 0.5) is 5.00 Å². The van der Waals surface area contributed by atoms with Crippen LogP contribution in [0.3, 0.4) is 0 Å². The molecule has 1 amide bonds. The van der Waals surface area contributed by atoms with Crippen molar-refractivity contribution in [1.29, 1.82) is 0 Å². The van der Waals surface area contributed by atoms with E-state index in [0.29, 0.717) is 23.1 Å². The molecule has 1 N–H and O–H groups in total. The third-order valence-corrected chi connectivity index (χ3v) is 7.85. The van der Waals surface area contributed by atoms with Gasteiger partial charge in [-0.1, -0.05) is 23.9 Å². The molecular weight excluding hydrogens is 528 g/mol. The fourth-order valence-corrected chi connectivity index (χ4v) is 5.53. The van der Waals surface area contributed by atoms with E-state index in [1.165, 1.54) is 11.8 Å². The number of aromatic nitrogens is 3. The highest BCUT2D eigenvalue weighted by Gasteiger charge is 2.27. The number of thioether (sulfide) groups is 1. The molecule has 204 valence electrons. The summed E-state index contributed by atoms with van der Waals surface area (Å²) in [5, 5.41) is 12.0. The van der Waals surface area contributed by atoms with Gasteiger partial charge < -0.3 is 24.1 Å². The number of aryl methyl sites for hydroxylation is 1. The van der Waals surface area contributed by atoms with Crippen LogP contribution in [0, 0.1) is 20.8 Å². The summed E-state index contributed by atoms with van der Waals surface area (Å²) in [6.45, 7) is 12.2. The molecule has 12 heteroatoms. The molecule has 0 saturated heterocycles. The van der Waals surface area contributed by atoms with Gasteiger partial charge in [0.25, 0.3) is 0 Å². The molecule has 38 heavy (non-hydrogen) atoms. The Labute approximate surface area is 230 Å². The lowest BCUT2D eigenvalue weighted by Crippen LogP contribution is -2.17. The number of rotatable bonds is 12. The van der Waals surface area contributed by atoms with Crippen molar-refractivity contribution in [3.63, 3.8) is 0 Å². The normalized spacial score (nSPS) is 10.8. The Hall–Kier alpha value is -3.38. The summed E-state index contributed by atoms with van der Waals surface area (Å²) in [5.74, 6) is -0.0785. The molecule has 0 saturated carbocycles. The Balaban J connectivity index is 1.70. The van der Waals surface area contributed by atoms with Crippen LogP contribution in [0.5, 0.6) is 5.75 Å². The van der Waals surface area contributed by atoms with Crippen LogP contribution in [-0.2, 0) is 27.4 Å². The van der Waals surface area contributed by atoms with Crippen LogP contribution in [-0.4, -0.2) is 51.6 Å². The maximum atomic E-state index is 12.8. The summed E-state index contributed by atoms with van der Waals surface area (Å²) in [6.07, 6.45) is 0. The molecule has 2 aromatic heterocycles. The number of carbonyl (C=O) groups excluding carboxylic acids is 3. The number of nitrogens with one attached hydrogen (secondary N) is 1. The molecule has 1 aromatic carbocycles. The standard InChI is InChI=1S/C26H32N4O6S2/c1-7-30-19(13-36-18-12-10-11-15(4)16(18)5)28-29-26(30)37-14-20(31)27-23-21(24(32)34-8-2)17(6)22(38-23)25(33)35-9-3/h10-12H,7-9,13-14H2,1-6H3,(H,27,31). The second-order valence-electron chi connectivity index (χ2n) is 8.17. The summed E-state index contributed by atoms with van der Waals surface area (Å²) in [7, 11) is 0. The first-order chi connectivity index (χ1) is 18.2. The third kappa shape index (κ3) is 6.73. The van der Waals surface area contributed by atoms with Gasteiger partial charge in [0.1, 0.15) is 22.2 Å². The number of hydrogen-bond donors (Lipinski definition) is 1. The highest BCUT2D eigenvalue weighted by atomic mass is 32.2. The molecular formula is C26H32N4O6S2. The van der Waals surface area contributed by atoms with E-state index < -0.39 is 11.9 Å². The van der Waals surface area contributed by atoms with Gasteiger partial charge >= 0.3 is 11.9 Å². The van der Waals surface area contributed by atoms with Crippen LogP contribution in [0.1, 0.15) is 63.3 Å². The Bertz CT molecular complexity index is 1320. The number of benzene rings is 1. The predicted octanol–water partition coefficient (Wildman–Crippen LogP) is 4.95. The molecule has 3 rings (SSSR count). The van der Waals surface area contributed by atoms with Gasteiger partial charge in [0.15, 0.2) is 11.0 Å². The zero-order chi connectivity index (χ0) is 27.8. The second-order valence-corrected chi connectivity index (χ2v) is 10.1. The van der Waals surface area contributed by atoms with E-state index in [9.17, 15) is 14.4 Å². The zero-order valence-electron chi connectivity index (χ0n) is 22.4. The first kappa shape index (κ1) is 29.2. The first-order valence-electron chi connectivity index (χ1n) is 12.2. The Morgan fingerprint density at radius 1 is 1.00 bits per heavy atom. The van der Waals surface area contributed by atoms with Gasteiger partial charge in [0, 0.05) is 6.54 Å². The maximum absolute atomic E-state index is 12.8. The summed E-state index contributed by atoms with van der Waals surface area (Å²) in [6, 6.07) is 5.89. The molecule has 0 aliphatic heterocycles. The van der Waals surface area contributed by atoms with Crippen molar-refractivity contribution >= 4 is 45.9 Å². The zero-order valence-corrected chi connectivity index (χ0v) is 24.0. The minimum absolute atomic E-state index is 0.0178. The van der Waals surface area contributed by atoms with Crippen molar-refractivity contribution in [2.24, 2.45) is 0 Å². The average molecular weight is 561 g/mol. The maximum Gasteiger partial charge on any atom is 0.348 e. The summed E-state index contributed by atoms with van der Waals surface area (Å²) >= 11 is 2.21. The fraction of sp³-hybridized carbons (Fsp3) is 0.423. The van der Waals surface area contributed by atoms with E-state index in [2.05, 4.69) is 15.5 Å². The van der Waals surface area contributed by atoms with Gasteiger partial charge in [0.05, 0.1) is 24.5 Å². The van der Waals surface area contributed by atoms with E-state index in [1.54, 1.807) is 20.8 Å². The van der Waals surface area contributed by atoms with Gasteiger partial charge in [-0.3, -0.25) is 4.79 Å². The van der Waals surface area contributed by atoms with Gasteiger partial charge in [0.2, 0.25) is 5.91 Å².